The van der Waals surface area contributed by atoms with Gasteiger partial charge in [-0.3, -0.25) is 9.69 Å². The molecule has 0 spiro atoms. The predicted molar refractivity (Wildman–Crippen MR) is 117 cm³/mol. The van der Waals surface area contributed by atoms with E-state index in [0.717, 1.165) is 0 Å². The van der Waals surface area contributed by atoms with Crippen LogP contribution < -0.4 is 5.32 Å². The molecule has 1 saturated carbocycles. The molecule has 3 rings (SSSR count). The Bertz CT molecular complexity index is 818. The van der Waals surface area contributed by atoms with Crippen molar-refractivity contribution >= 4 is 27.5 Å². The summed E-state index contributed by atoms with van der Waals surface area (Å²) in [6, 6.07) is 8.81. The average molecular weight is 460 g/mol. The molecule has 1 aromatic rings. The summed E-state index contributed by atoms with van der Waals surface area (Å²) in [7, 11) is -3.26. The van der Waals surface area contributed by atoms with Crippen LogP contribution in [0.4, 0.5) is 4.39 Å². The smallest absolute Gasteiger partial charge is 0.252 e. The van der Waals surface area contributed by atoms with Crippen molar-refractivity contribution in [2.24, 2.45) is 0 Å². The Morgan fingerprint density at radius 2 is 1.93 bits per heavy atom. The van der Waals surface area contributed by atoms with E-state index in [0.29, 0.717) is 57.4 Å². The molecule has 0 bridgehead atoms. The molecule has 1 amide bonds. The molecule has 9 heteroatoms. The van der Waals surface area contributed by atoms with Crippen LogP contribution in [-0.2, 0) is 10.0 Å². The SMILES string of the molecule is CCCS(=O)(=O)N1CCN(C2(C(Cl)NC(=O)c3ccccc3)CCCC(F)C2)CC1. The zero-order valence-electron chi connectivity index (χ0n) is 17.4. The first-order valence-corrected chi connectivity index (χ1v) is 12.7. The quantitative estimate of drug-likeness (QED) is 0.502. The largest absolute Gasteiger partial charge is 0.334 e. The molecule has 0 aromatic heterocycles. The molecule has 2 aliphatic rings. The van der Waals surface area contributed by atoms with Gasteiger partial charge >= 0.3 is 0 Å². The van der Waals surface area contributed by atoms with Crippen LogP contribution in [0.5, 0.6) is 0 Å². The van der Waals surface area contributed by atoms with Gasteiger partial charge in [-0.25, -0.2) is 12.8 Å². The molecule has 3 atom stereocenters. The van der Waals surface area contributed by atoms with Crippen molar-refractivity contribution in [1.29, 1.82) is 0 Å². The standard InChI is InChI=1S/C21H31ClFN3O3S/c1-2-15-30(28,29)26-13-11-25(12-14-26)21(10-6-9-18(23)16-21)20(22)24-19(27)17-7-4-3-5-8-17/h3-5,7-8,18,20H,2,6,9-16H2,1H3,(H,24,27). The van der Waals surface area contributed by atoms with E-state index in [-0.39, 0.29) is 18.1 Å². The van der Waals surface area contributed by atoms with Crippen molar-refractivity contribution in [1.82, 2.24) is 14.5 Å². The van der Waals surface area contributed by atoms with Gasteiger partial charge in [-0.05, 0) is 37.8 Å². The maximum absolute atomic E-state index is 14.5. The van der Waals surface area contributed by atoms with E-state index >= 15 is 0 Å². The molecule has 1 aliphatic heterocycles. The number of carbonyl (C=O) groups is 1. The van der Waals surface area contributed by atoms with Gasteiger partial charge in [0.15, 0.2) is 0 Å². The number of carbonyl (C=O) groups excluding carboxylic acids is 1. The van der Waals surface area contributed by atoms with Crippen LogP contribution in [0.3, 0.4) is 0 Å². The maximum Gasteiger partial charge on any atom is 0.252 e. The Balaban J connectivity index is 1.75. The second kappa shape index (κ2) is 9.94. The molecule has 30 heavy (non-hydrogen) atoms. The van der Waals surface area contributed by atoms with Crippen LogP contribution in [0, 0.1) is 0 Å². The number of alkyl halides is 2. The lowest BCUT2D eigenvalue weighted by Crippen LogP contribution is -2.66. The number of hydrogen-bond donors (Lipinski definition) is 1. The Morgan fingerprint density at radius 3 is 2.53 bits per heavy atom. The topological polar surface area (TPSA) is 69.7 Å². The van der Waals surface area contributed by atoms with Crippen molar-refractivity contribution in [3.63, 3.8) is 0 Å². The second-order valence-electron chi connectivity index (χ2n) is 8.20. The van der Waals surface area contributed by atoms with Crippen LogP contribution in [-0.4, -0.2) is 72.7 Å². The van der Waals surface area contributed by atoms with Gasteiger partial charge in [-0.1, -0.05) is 36.7 Å². The number of rotatable bonds is 7. The molecule has 1 saturated heterocycles. The van der Waals surface area contributed by atoms with Crippen molar-refractivity contribution in [2.45, 2.75) is 56.2 Å². The number of piperazine rings is 1. The summed E-state index contributed by atoms with van der Waals surface area (Å²) < 4.78 is 40.8. The summed E-state index contributed by atoms with van der Waals surface area (Å²) in [5.74, 6) is -0.157. The summed E-state index contributed by atoms with van der Waals surface area (Å²) in [6.07, 6.45) is 1.65. The van der Waals surface area contributed by atoms with Crippen LogP contribution in [0.2, 0.25) is 0 Å². The fourth-order valence-corrected chi connectivity index (χ4v) is 6.55. The molecule has 1 aromatic carbocycles. The lowest BCUT2D eigenvalue weighted by Gasteiger charge is -2.52. The van der Waals surface area contributed by atoms with Gasteiger partial charge in [0.05, 0.1) is 11.3 Å². The molecular formula is C21H31ClFN3O3S. The third-order valence-electron chi connectivity index (χ3n) is 6.19. The zero-order chi connectivity index (χ0) is 21.8. The van der Waals surface area contributed by atoms with Crippen LogP contribution in [0.15, 0.2) is 30.3 Å². The number of nitrogens with one attached hydrogen (secondary N) is 1. The van der Waals surface area contributed by atoms with E-state index in [1.807, 2.05) is 13.0 Å². The Labute approximate surface area is 183 Å². The van der Waals surface area contributed by atoms with Crippen molar-refractivity contribution < 1.29 is 17.6 Å². The molecule has 168 valence electrons. The lowest BCUT2D eigenvalue weighted by molar-refractivity contribution is -0.00795. The minimum Gasteiger partial charge on any atom is -0.334 e. The Kier molecular flexibility index (Phi) is 7.76. The Hall–Kier alpha value is -1.22. The van der Waals surface area contributed by atoms with Gasteiger partial charge in [0.25, 0.3) is 5.91 Å². The van der Waals surface area contributed by atoms with Gasteiger partial charge in [0.1, 0.15) is 11.7 Å². The van der Waals surface area contributed by atoms with Crippen molar-refractivity contribution in [3.8, 4) is 0 Å². The molecule has 1 aliphatic carbocycles. The average Bonchev–Trinajstić information content (AvgIpc) is 2.74. The van der Waals surface area contributed by atoms with Crippen molar-refractivity contribution in [2.75, 3.05) is 31.9 Å². The predicted octanol–water partition coefficient (Wildman–Crippen LogP) is 2.99. The summed E-state index contributed by atoms with van der Waals surface area (Å²) >= 11 is 6.76. The molecule has 0 radical (unpaired) electrons. The van der Waals surface area contributed by atoms with Gasteiger partial charge < -0.3 is 5.32 Å². The van der Waals surface area contributed by atoms with Crippen LogP contribution >= 0.6 is 11.6 Å². The van der Waals surface area contributed by atoms with Gasteiger partial charge in [0.2, 0.25) is 10.0 Å². The highest BCUT2D eigenvalue weighted by atomic mass is 35.5. The normalized spacial score (nSPS) is 27.5. The van der Waals surface area contributed by atoms with E-state index in [9.17, 15) is 17.6 Å². The van der Waals surface area contributed by atoms with Crippen molar-refractivity contribution in [3.05, 3.63) is 35.9 Å². The fourth-order valence-electron chi connectivity index (χ4n) is 4.62. The summed E-state index contributed by atoms with van der Waals surface area (Å²) in [5, 5.41) is 2.87. The lowest BCUT2D eigenvalue weighted by atomic mass is 9.78. The first-order chi connectivity index (χ1) is 14.3. The molecular weight excluding hydrogens is 429 g/mol. The molecule has 2 fully saturated rings. The zero-order valence-corrected chi connectivity index (χ0v) is 19.0. The second-order valence-corrected chi connectivity index (χ2v) is 10.7. The number of hydrogen-bond acceptors (Lipinski definition) is 4. The molecule has 1 N–H and O–H groups in total. The monoisotopic (exact) mass is 459 g/mol. The number of halogens is 2. The Morgan fingerprint density at radius 1 is 1.27 bits per heavy atom. The summed E-state index contributed by atoms with van der Waals surface area (Å²) in [6.45, 7) is 3.51. The highest BCUT2D eigenvalue weighted by Crippen LogP contribution is 2.40. The summed E-state index contributed by atoms with van der Waals surface area (Å²) in [4.78, 5) is 14.8. The minimum absolute atomic E-state index is 0.135. The number of sulfonamides is 1. The highest BCUT2D eigenvalue weighted by molar-refractivity contribution is 7.89. The van der Waals surface area contributed by atoms with Gasteiger partial charge in [-0.2, -0.15) is 4.31 Å². The van der Waals surface area contributed by atoms with Crippen LogP contribution in [0.1, 0.15) is 49.4 Å². The number of nitrogens with zero attached hydrogens (tertiary/aromatic N) is 2. The highest BCUT2D eigenvalue weighted by Gasteiger charge is 2.48. The third-order valence-corrected chi connectivity index (χ3v) is 8.78. The van der Waals surface area contributed by atoms with E-state index in [4.69, 9.17) is 11.6 Å². The maximum atomic E-state index is 14.5. The van der Waals surface area contributed by atoms with Gasteiger partial charge in [0, 0.05) is 38.2 Å². The first-order valence-electron chi connectivity index (χ1n) is 10.7. The minimum atomic E-state index is -3.26. The van der Waals surface area contributed by atoms with Gasteiger partial charge in [-0.15, -0.1) is 0 Å². The first kappa shape index (κ1) is 23.4. The van der Waals surface area contributed by atoms with E-state index in [1.54, 1.807) is 24.3 Å². The number of amides is 1. The molecule has 1 heterocycles. The van der Waals surface area contributed by atoms with E-state index < -0.39 is 27.2 Å². The van der Waals surface area contributed by atoms with Crippen LogP contribution in [0.25, 0.3) is 0 Å². The number of benzene rings is 1. The third kappa shape index (κ3) is 5.15. The molecule has 3 unspecified atom stereocenters. The molecule has 6 nitrogen and oxygen atoms in total. The fraction of sp³-hybridized carbons (Fsp3) is 0.667. The summed E-state index contributed by atoms with van der Waals surface area (Å²) in [5.41, 5.74) is -1.01. The van der Waals surface area contributed by atoms with E-state index in [1.165, 1.54) is 4.31 Å². The van der Waals surface area contributed by atoms with E-state index in [2.05, 4.69) is 10.2 Å².